The maximum absolute atomic E-state index is 12.8. The summed E-state index contributed by atoms with van der Waals surface area (Å²) in [7, 11) is 2.14. The number of benzene rings is 2. The molecule has 2 aromatic rings. The van der Waals surface area contributed by atoms with Crippen LogP contribution in [0, 0.1) is 0 Å². The van der Waals surface area contributed by atoms with E-state index in [9.17, 15) is 4.79 Å². The third-order valence-electron chi connectivity index (χ3n) is 5.84. The number of nitrogens with zero attached hydrogens (tertiary/aromatic N) is 2. The SMILES string of the molecule is CN1CCN(CC(=O)c2ccc3c(c2)CCCCc2ccccc2-3)CC1. The van der Waals surface area contributed by atoms with E-state index in [4.69, 9.17) is 0 Å². The van der Waals surface area contributed by atoms with Gasteiger partial charge in [0.15, 0.2) is 5.78 Å². The van der Waals surface area contributed by atoms with Crippen molar-refractivity contribution in [1.82, 2.24) is 9.80 Å². The molecular weight excluding hydrogens is 320 g/mol. The van der Waals surface area contributed by atoms with E-state index in [1.54, 1.807) is 0 Å². The first-order valence-corrected chi connectivity index (χ1v) is 9.86. The quantitative estimate of drug-likeness (QED) is 0.791. The minimum Gasteiger partial charge on any atom is -0.304 e. The van der Waals surface area contributed by atoms with Gasteiger partial charge in [-0.05, 0) is 61.1 Å². The van der Waals surface area contributed by atoms with Gasteiger partial charge in [-0.3, -0.25) is 9.69 Å². The molecule has 136 valence electrons. The van der Waals surface area contributed by atoms with Crippen LogP contribution in [0.3, 0.4) is 0 Å². The molecule has 2 aromatic carbocycles. The minimum absolute atomic E-state index is 0.257. The third kappa shape index (κ3) is 3.74. The van der Waals surface area contributed by atoms with E-state index in [1.807, 2.05) is 6.07 Å². The zero-order chi connectivity index (χ0) is 17.9. The number of carbonyl (C=O) groups is 1. The summed E-state index contributed by atoms with van der Waals surface area (Å²) in [6.07, 6.45) is 4.63. The average molecular weight is 348 g/mol. The Morgan fingerprint density at radius 1 is 0.885 bits per heavy atom. The lowest BCUT2D eigenvalue weighted by Crippen LogP contribution is -2.46. The fourth-order valence-corrected chi connectivity index (χ4v) is 4.17. The number of ketones is 1. The number of hydrogen-bond donors (Lipinski definition) is 0. The van der Waals surface area contributed by atoms with E-state index in [1.165, 1.54) is 35.1 Å². The van der Waals surface area contributed by atoms with Crippen molar-refractivity contribution in [3.05, 3.63) is 59.2 Å². The van der Waals surface area contributed by atoms with E-state index < -0.39 is 0 Å². The van der Waals surface area contributed by atoms with Gasteiger partial charge in [0.05, 0.1) is 6.54 Å². The summed E-state index contributed by atoms with van der Waals surface area (Å²) in [5.41, 5.74) is 6.31. The maximum atomic E-state index is 12.8. The van der Waals surface area contributed by atoms with Crippen molar-refractivity contribution in [2.75, 3.05) is 39.8 Å². The Hall–Kier alpha value is -1.97. The first-order chi connectivity index (χ1) is 12.7. The van der Waals surface area contributed by atoms with E-state index in [2.05, 4.69) is 53.2 Å². The molecule has 1 saturated heterocycles. The fourth-order valence-electron chi connectivity index (χ4n) is 4.17. The molecule has 0 aromatic heterocycles. The summed E-state index contributed by atoms with van der Waals surface area (Å²) in [4.78, 5) is 17.4. The van der Waals surface area contributed by atoms with Crippen LogP contribution in [0.2, 0.25) is 0 Å². The molecule has 26 heavy (non-hydrogen) atoms. The maximum Gasteiger partial charge on any atom is 0.176 e. The normalized spacial score (nSPS) is 18.5. The molecule has 3 heteroatoms. The summed E-state index contributed by atoms with van der Waals surface area (Å²) >= 11 is 0. The van der Waals surface area contributed by atoms with Crippen molar-refractivity contribution in [3.63, 3.8) is 0 Å². The van der Waals surface area contributed by atoms with Gasteiger partial charge in [0.25, 0.3) is 0 Å². The number of piperazine rings is 1. The molecule has 1 aliphatic carbocycles. The van der Waals surface area contributed by atoms with Crippen LogP contribution in [-0.2, 0) is 12.8 Å². The highest BCUT2D eigenvalue weighted by molar-refractivity contribution is 5.98. The van der Waals surface area contributed by atoms with Gasteiger partial charge in [-0.25, -0.2) is 0 Å². The van der Waals surface area contributed by atoms with E-state index in [0.29, 0.717) is 6.54 Å². The number of hydrogen-bond acceptors (Lipinski definition) is 3. The van der Waals surface area contributed by atoms with Gasteiger partial charge in [0, 0.05) is 31.7 Å². The summed E-state index contributed by atoms with van der Waals surface area (Å²) in [6, 6.07) is 15.1. The largest absolute Gasteiger partial charge is 0.304 e. The molecule has 0 saturated carbocycles. The Bertz CT molecular complexity index is 791. The summed E-state index contributed by atoms with van der Waals surface area (Å²) in [5, 5.41) is 0. The summed E-state index contributed by atoms with van der Waals surface area (Å²) in [6.45, 7) is 4.62. The van der Waals surface area contributed by atoms with Crippen molar-refractivity contribution in [3.8, 4) is 11.1 Å². The monoisotopic (exact) mass is 348 g/mol. The van der Waals surface area contributed by atoms with Crippen LogP contribution < -0.4 is 0 Å². The predicted molar refractivity (Wildman–Crippen MR) is 107 cm³/mol. The highest BCUT2D eigenvalue weighted by Crippen LogP contribution is 2.32. The standard InChI is InChI=1S/C23H28N2O/c1-24-12-14-25(15-13-24)17-23(26)20-10-11-22-19(16-20)8-3-2-6-18-7-4-5-9-21(18)22/h4-5,7,9-11,16H,2-3,6,8,12-15,17H2,1H3. The Labute approximate surface area is 156 Å². The van der Waals surface area contributed by atoms with Crippen molar-refractivity contribution in [2.24, 2.45) is 0 Å². The van der Waals surface area contributed by atoms with Gasteiger partial charge in [-0.1, -0.05) is 36.4 Å². The average Bonchev–Trinajstić information content (AvgIpc) is 2.65. The minimum atomic E-state index is 0.257. The summed E-state index contributed by atoms with van der Waals surface area (Å²) in [5.74, 6) is 0.257. The molecule has 1 aliphatic heterocycles. The number of aryl methyl sites for hydroxylation is 2. The van der Waals surface area contributed by atoms with Crippen LogP contribution in [-0.4, -0.2) is 55.4 Å². The van der Waals surface area contributed by atoms with Gasteiger partial charge in [-0.15, -0.1) is 0 Å². The molecule has 0 N–H and O–H groups in total. The molecule has 4 rings (SSSR count). The second kappa shape index (κ2) is 7.73. The van der Waals surface area contributed by atoms with E-state index >= 15 is 0 Å². The van der Waals surface area contributed by atoms with Gasteiger partial charge in [-0.2, -0.15) is 0 Å². The Balaban J connectivity index is 1.57. The number of likely N-dealkylation sites (N-methyl/N-ethyl adjacent to an activating group) is 1. The summed E-state index contributed by atoms with van der Waals surface area (Å²) < 4.78 is 0. The lowest BCUT2D eigenvalue weighted by atomic mass is 9.86. The third-order valence-corrected chi connectivity index (χ3v) is 5.84. The molecule has 0 radical (unpaired) electrons. The second-order valence-electron chi connectivity index (χ2n) is 7.74. The van der Waals surface area contributed by atoms with Crippen molar-refractivity contribution >= 4 is 5.78 Å². The van der Waals surface area contributed by atoms with Crippen molar-refractivity contribution in [1.29, 1.82) is 0 Å². The molecule has 3 nitrogen and oxygen atoms in total. The Kier molecular flexibility index (Phi) is 5.18. The first-order valence-electron chi connectivity index (χ1n) is 9.86. The number of carbonyl (C=O) groups excluding carboxylic acids is 1. The molecule has 1 heterocycles. The smallest absolute Gasteiger partial charge is 0.176 e. The van der Waals surface area contributed by atoms with Gasteiger partial charge < -0.3 is 4.90 Å². The zero-order valence-corrected chi connectivity index (χ0v) is 15.7. The van der Waals surface area contributed by atoms with E-state index in [-0.39, 0.29) is 5.78 Å². The number of Topliss-reactive ketones (excluding diaryl/α,β-unsaturated/α-hetero) is 1. The second-order valence-corrected chi connectivity index (χ2v) is 7.74. The molecule has 2 aliphatic rings. The van der Waals surface area contributed by atoms with Gasteiger partial charge >= 0.3 is 0 Å². The van der Waals surface area contributed by atoms with Crippen LogP contribution in [0.1, 0.15) is 34.3 Å². The molecule has 0 bridgehead atoms. The number of fused-ring (bicyclic) bond motifs is 3. The molecule has 0 atom stereocenters. The van der Waals surface area contributed by atoms with Gasteiger partial charge in [0.1, 0.15) is 0 Å². The van der Waals surface area contributed by atoms with Crippen LogP contribution in [0.5, 0.6) is 0 Å². The zero-order valence-electron chi connectivity index (χ0n) is 15.7. The van der Waals surface area contributed by atoms with Crippen LogP contribution >= 0.6 is 0 Å². The fraction of sp³-hybridized carbons (Fsp3) is 0.435. The molecule has 0 spiro atoms. The Morgan fingerprint density at radius 3 is 2.38 bits per heavy atom. The predicted octanol–water partition coefficient (Wildman–Crippen LogP) is 3.66. The van der Waals surface area contributed by atoms with Gasteiger partial charge in [0.2, 0.25) is 0 Å². The molecular formula is C23H28N2O. The molecule has 1 fully saturated rings. The van der Waals surface area contributed by atoms with Crippen LogP contribution in [0.25, 0.3) is 11.1 Å². The topological polar surface area (TPSA) is 23.6 Å². The van der Waals surface area contributed by atoms with Crippen molar-refractivity contribution in [2.45, 2.75) is 25.7 Å². The highest BCUT2D eigenvalue weighted by Gasteiger charge is 2.19. The van der Waals surface area contributed by atoms with Crippen molar-refractivity contribution < 1.29 is 4.79 Å². The Morgan fingerprint density at radius 2 is 1.58 bits per heavy atom. The van der Waals surface area contributed by atoms with E-state index in [0.717, 1.165) is 44.6 Å². The molecule has 0 unspecified atom stereocenters. The highest BCUT2D eigenvalue weighted by atomic mass is 16.1. The first kappa shape index (κ1) is 17.4. The van der Waals surface area contributed by atoms with Crippen LogP contribution in [0.15, 0.2) is 42.5 Å². The lowest BCUT2D eigenvalue weighted by molar-refractivity contribution is 0.0876. The number of rotatable bonds is 3. The lowest BCUT2D eigenvalue weighted by Gasteiger charge is -2.31. The molecule has 0 amide bonds. The van der Waals surface area contributed by atoms with Crippen LogP contribution in [0.4, 0.5) is 0 Å².